The fourth-order valence-electron chi connectivity index (χ4n) is 3.00. The van der Waals surface area contributed by atoms with Crippen LogP contribution in [-0.4, -0.2) is 85.4 Å². The van der Waals surface area contributed by atoms with Crippen LogP contribution in [0.4, 0.5) is 16.2 Å². The first-order chi connectivity index (χ1) is 13.3. The van der Waals surface area contributed by atoms with Gasteiger partial charge in [-0.15, -0.1) is 0 Å². The molecule has 0 unspecified atom stereocenters. The quantitative estimate of drug-likeness (QED) is 0.557. The summed E-state index contributed by atoms with van der Waals surface area (Å²) in [7, 11) is -3.57. The van der Waals surface area contributed by atoms with Crippen molar-refractivity contribution in [1.29, 1.82) is 0 Å². The maximum Gasteiger partial charge on any atom is 0.321 e. The Morgan fingerprint density at radius 2 is 1.71 bits per heavy atom. The Morgan fingerprint density at radius 1 is 1.11 bits per heavy atom. The van der Waals surface area contributed by atoms with Gasteiger partial charge in [-0.1, -0.05) is 11.6 Å². The Balaban J connectivity index is 1.58. The zero-order valence-electron chi connectivity index (χ0n) is 14.9. The molecule has 11 nitrogen and oxygen atoms in total. The van der Waals surface area contributed by atoms with Crippen molar-refractivity contribution in [3.05, 3.63) is 33.3 Å². The van der Waals surface area contributed by atoms with Gasteiger partial charge in [0.15, 0.2) is 0 Å². The summed E-state index contributed by atoms with van der Waals surface area (Å²) < 4.78 is 33.2. The van der Waals surface area contributed by atoms with Crippen molar-refractivity contribution < 1.29 is 22.9 Å². The molecule has 154 valence electrons. The van der Waals surface area contributed by atoms with Crippen molar-refractivity contribution >= 4 is 39.2 Å². The summed E-state index contributed by atoms with van der Waals surface area (Å²) in [4.78, 5) is 24.2. The highest BCUT2D eigenvalue weighted by atomic mass is 35.5. The van der Waals surface area contributed by atoms with Gasteiger partial charge in [0, 0.05) is 51.0 Å². The van der Waals surface area contributed by atoms with Crippen molar-refractivity contribution in [2.24, 2.45) is 0 Å². The van der Waals surface area contributed by atoms with E-state index >= 15 is 0 Å². The average molecular weight is 434 g/mol. The molecule has 2 saturated heterocycles. The number of carbonyl (C=O) groups excluding carboxylic acids is 1. The summed E-state index contributed by atoms with van der Waals surface area (Å²) >= 11 is 5.76. The first kappa shape index (κ1) is 20.7. The van der Waals surface area contributed by atoms with Crippen LogP contribution in [0.1, 0.15) is 0 Å². The standard InChI is InChI=1S/C15H20ClN5O6S/c16-13-2-1-12(11-14(13)21(23)24)17-15(22)18-3-5-19(6-4-18)28(25,26)20-7-9-27-10-8-20/h1-2,11H,3-10H2,(H,17,22). The molecule has 3 rings (SSSR count). The van der Waals surface area contributed by atoms with E-state index in [1.54, 1.807) is 0 Å². The van der Waals surface area contributed by atoms with Gasteiger partial charge in [0.2, 0.25) is 0 Å². The number of hydrogen-bond donors (Lipinski definition) is 1. The number of nitrogens with zero attached hydrogens (tertiary/aromatic N) is 4. The van der Waals surface area contributed by atoms with Gasteiger partial charge >= 0.3 is 6.03 Å². The molecule has 0 aliphatic carbocycles. The molecule has 0 spiro atoms. The van der Waals surface area contributed by atoms with Crippen LogP contribution in [-0.2, 0) is 14.9 Å². The van der Waals surface area contributed by atoms with E-state index in [-0.39, 0.29) is 42.6 Å². The lowest BCUT2D eigenvalue weighted by Crippen LogP contribution is -2.56. The molecule has 1 aromatic rings. The number of carbonyl (C=O) groups is 1. The Labute approximate surface area is 167 Å². The molecule has 2 aliphatic rings. The molecule has 0 radical (unpaired) electrons. The highest BCUT2D eigenvalue weighted by molar-refractivity contribution is 7.86. The van der Waals surface area contributed by atoms with Crippen molar-refractivity contribution in [1.82, 2.24) is 13.5 Å². The maximum absolute atomic E-state index is 12.6. The molecule has 0 aromatic heterocycles. The molecule has 2 heterocycles. The zero-order valence-corrected chi connectivity index (χ0v) is 16.5. The summed E-state index contributed by atoms with van der Waals surface area (Å²) in [5, 5.41) is 13.5. The van der Waals surface area contributed by atoms with Gasteiger partial charge in [0.25, 0.3) is 15.9 Å². The number of nitrogens with one attached hydrogen (secondary N) is 1. The third kappa shape index (κ3) is 4.52. The van der Waals surface area contributed by atoms with E-state index in [9.17, 15) is 23.3 Å². The monoisotopic (exact) mass is 433 g/mol. The molecule has 2 aliphatic heterocycles. The number of urea groups is 1. The molecule has 2 fully saturated rings. The fourth-order valence-corrected chi connectivity index (χ4v) is 4.74. The second-order valence-electron chi connectivity index (χ2n) is 6.26. The Bertz CT molecular complexity index is 852. The number of hydrogen-bond acceptors (Lipinski definition) is 6. The van der Waals surface area contributed by atoms with Crippen molar-refractivity contribution in [3.8, 4) is 0 Å². The first-order valence-corrected chi connectivity index (χ1v) is 10.4. The van der Waals surface area contributed by atoms with Gasteiger partial charge in [-0.25, -0.2) is 4.79 Å². The lowest BCUT2D eigenvalue weighted by atomic mass is 10.3. The molecule has 0 atom stereocenters. The minimum Gasteiger partial charge on any atom is -0.379 e. The van der Waals surface area contributed by atoms with Gasteiger partial charge in [-0.2, -0.15) is 17.0 Å². The summed E-state index contributed by atoms with van der Waals surface area (Å²) in [6.07, 6.45) is 0. The van der Waals surface area contributed by atoms with Crippen LogP contribution in [0.5, 0.6) is 0 Å². The molecular formula is C15H20ClN5O6S. The van der Waals surface area contributed by atoms with Gasteiger partial charge in [-0.3, -0.25) is 10.1 Å². The van der Waals surface area contributed by atoms with Crippen LogP contribution in [0.25, 0.3) is 0 Å². The predicted octanol–water partition coefficient (Wildman–Crippen LogP) is 0.975. The summed E-state index contributed by atoms with van der Waals surface area (Å²) in [5.74, 6) is 0. The van der Waals surface area contributed by atoms with E-state index in [0.717, 1.165) is 0 Å². The van der Waals surface area contributed by atoms with Gasteiger partial charge in [0.1, 0.15) is 5.02 Å². The number of rotatable bonds is 4. The molecule has 1 aromatic carbocycles. The predicted molar refractivity (Wildman–Crippen MR) is 102 cm³/mol. The van der Waals surface area contributed by atoms with Crippen LogP contribution in [0.15, 0.2) is 18.2 Å². The smallest absolute Gasteiger partial charge is 0.321 e. The molecule has 28 heavy (non-hydrogen) atoms. The molecular weight excluding hydrogens is 414 g/mol. The van der Waals surface area contributed by atoms with E-state index in [1.807, 2.05) is 0 Å². The number of halogens is 1. The van der Waals surface area contributed by atoms with Crippen LogP contribution in [0.2, 0.25) is 5.02 Å². The molecule has 2 amide bonds. The van der Waals surface area contributed by atoms with Crippen LogP contribution >= 0.6 is 11.6 Å². The maximum atomic E-state index is 12.6. The fraction of sp³-hybridized carbons (Fsp3) is 0.533. The number of benzene rings is 1. The van der Waals surface area contributed by atoms with E-state index in [1.165, 1.54) is 31.7 Å². The van der Waals surface area contributed by atoms with Crippen LogP contribution in [0.3, 0.4) is 0 Å². The van der Waals surface area contributed by atoms with E-state index < -0.39 is 21.2 Å². The topological polar surface area (TPSA) is 125 Å². The third-order valence-electron chi connectivity index (χ3n) is 4.54. The minimum absolute atomic E-state index is 0.0232. The number of anilines is 1. The lowest BCUT2D eigenvalue weighted by Gasteiger charge is -2.37. The Hall–Kier alpha value is -1.99. The normalized spacial score (nSPS) is 19.4. The zero-order chi connectivity index (χ0) is 20.3. The molecule has 13 heteroatoms. The number of morpholine rings is 1. The van der Waals surface area contributed by atoms with Crippen molar-refractivity contribution in [2.45, 2.75) is 0 Å². The van der Waals surface area contributed by atoms with Gasteiger partial charge in [-0.05, 0) is 12.1 Å². The summed E-state index contributed by atoms with van der Waals surface area (Å²) in [6, 6.07) is 3.52. The second kappa shape index (κ2) is 8.57. The van der Waals surface area contributed by atoms with E-state index in [0.29, 0.717) is 26.3 Å². The average Bonchev–Trinajstić information content (AvgIpc) is 2.70. The third-order valence-corrected chi connectivity index (χ3v) is 6.90. The van der Waals surface area contributed by atoms with E-state index in [2.05, 4.69) is 5.32 Å². The lowest BCUT2D eigenvalue weighted by molar-refractivity contribution is -0.384. The summed E-state index contributed by atoms with van der Waals surface area (Å²) in [5.41, 5.74) is -0.0645. The molecule has 0 saturated carbocycles. The summed E-state index contributed by atoms with van der Waals surface area (Å²) in [6.45, 7) is 2.15. The van der Waals surface area contributed by atoms with Gasteiger partial charge in [0.05, 0.1) is 18.1 Å². The van der Waals surface area contributed by atoms with E-state index in [4.69, 9.17) is 16.3 Å². The Kier molecular flexibility index (Phi) is 6.35. The minimum atomic E-state index is -3.57. The highest BCUT2D eigenvalue weighted by Gasteiger charge is 2.34. The number of amides is 2. The number of ether oxygens (including phenoxy) is 1. The SMILES string of the molecule is O=C(Nc1ccc(Cl)c([N+](=O)[O-])c1)N1CCN(S(=O)(=O)N2CCOCC2)CC1. The number of nitro groups is 1. The first-order valence-electron chi connectivity index (χ1n) is 8.62. The largest absolute Gasteiger partial charge is 0.379 e. The second-order valence-corrected chi connectivity index (χ2v) is 8.59. The Morgan fingerprint density at radius 3 is 2.32 bits per heavy atom. The molecule has 1 N–H and O–H groups in total. The number of nitro benzene ring substituents is 1. The molecule has 0 bridgehead atoms. The van der Waals surface area contributed by atoms with Crippen molar-refractivity contribution in [3.63, 3.8) is 0 Å². The van der Waals surface area contributed by atoms with Gasteiger partial charge < -0.3 is 15.0 Å². The highest BCUT2D eigenvalue weighted by Crippen LogP contribution is 2.27. The van der Waals surface area contributed by atoms with Crippen molar-refractivity contribution in [2.75, 3.05) is 57.8 Å². The number of piperazine rings is 1. The van der Waals surface area contributed by atoms with Crippen LogP contribution < -0.4 is 5.32 Å². The van der Waals surface area contributed by atoms with Crippen LogP contribution in [0, 0.1) is 10.1 Å².